The van der Waals surface area contributed by atoms with E-state index in [4.69, 9.17) is 9.47 Å². The predicted molar refractivity (Wildman–Crippen MR) is 71.2 cm³/mol. The molecule has 100 valence electrons. The van der Waals surface area contributed by atoms with Gasteiger partial charge in [0.25, 0.3) is 0 Å². The van der Waals surface area contributed by atoms with Crippen molar-refractivity contribution in [3.63, 3.8) is 0 Å². The highest BCUT2D eigenvalue weighted by Gasteiger charge is 2.07. The maximum Gasteiger partial charge on any atom is 0.407 e. The first kappa shape index (κ1) is 14.4. The lowest BCUT2D eigenvalue weighted by atomic mass is 10.00. The minimum absolute atomic E-state index is 0.361. The van der Waals surface area contributed by atoms with Gasteiger partial charge in [0.05, 0.1) is 13.7 Å². The van der Waals surface area contributed by atoms with E-state index in [1.807, 2.05) is 19.1 Å². The molecule has 0 bridgehead atoms. The van der Waals surface area contributed by atoms with Crippen LogP contribution in [0.1, 0.15) is 23.6 Å². The number of alkyl carbamates (subject to hydrolysis) is 1. The van der Waals surface area contributed by atoms with Gasteiger partial charge in [-0.05, 0) is 49.9 Å². The van der Waals surface area contributed by atoms with Crippen LogP contribution >= 0.6 is 0 Å². The minimum atomic E-state index is -0.361. The molecule has 0 saturated carbocycles. The van der Waals surface area contributed by atoms with Crippen LogP contribution in [0.4, 0.5) is 4.79 Å². The average Bonchev–Trinajstić information content (AvgIpc) is 2.35. The Morgan fingerprint density at radius 2 is 2.00 bits per heavy atom. The van der Waals surface area contributed by atoms with E-state index in [-0.39, 0.29) is 6.09 Å². The SMILES string of the molecule is CCOC(=O)NCCc1ccc(OC)c(C)c1C. The van der Waals surface area contributed by atoms with Crippen molar-refractivity contribution in [3.05, 3.63) is 28.8 Å². The van der Waals surface area contributed by atoms with Gasteiger partial charge in [-0.15, -0.1) is 0 Å². The van der Waals surface area contributed by atoms with Crippen molar-refractivity contribution < 1.29 is 14.3 Å². The standard InChI is InChI=1S/C14H21NO3/c1-5-18-14(16)15-9-8-12-6-7-13(17-4)11(3)10(12)2/h6-7H,5,8-9H2,1-4H3,(H,15,16). The summed E-state index contributed by atoms with van der Waals surface area (Å²) in [5.41, 5.74) is 3.57. The van der Waals surface area contributed by atoms with Crippen molar-refractivity contribution in [1.82, 2.24) is 5.32 Å². The Labute approximate surface area is 108 Å². The highest BCUT2D eigenvalue weighted by molar-refractivity contribution is 5.67. The zero-order valence-corrected chi connectivity index (χ0v) is 11.5. The van der Waals surface area contributed by atoms with Gasteiger partial charge < -0.3 is 14.8 Å². The molecular weight excluding hydrogens is 230 g/mol. The maximum absolute atomic E-state index is 11.1. The average molecular weight is 251 g/mol. The third kappa shape index (κ3) is 3.65. The molecule has 4 nitrogen and oxygen atoms in total. The van der Waals surface area contributed by atoms with E-state index >= 15 is 0 Å². The Kier molecular flexibility index (Phi) is 5.49. The Morgan fingerprint density at radius 3 is 2.61 bits per heavy atom. The molecule has 0 aliphatic heterocycles. The van der Waals surface area contributed by atoms with Crippen LogP contribution in [0.3, 0.4) is 0 Å². The summed E-state index contributed by atoms with van der Waals surface area (Å²) in [6.45, 7) is 6.86. The Balaban J connectivity index is 2.58. The van der Waals surface area contributed by atoms with Gasteiger partial charge in [-0.2, -0.15) is 0 Å². The Hall–Kier alpha value is -1.71. The van der Waals surface area contributed by atoms with Crippen LogP contribution in [0.25, 0.3) is 0 Å². The van der Waals surface area contributed by atoms with Gasteiger partial charge in [-0.3, -0.25) is 0 Å². The minimum Gasteiger partial charge on any atom is -0.496 e. The Bertz CT molecular complexity index is 416. The molecule has 0 heterocycles. The normalized spacial score (nSPS) is 10.0. The molecule has 4 heteroatoms. The number of carbonyl (C=O) groups excluding carboxylic acids is 1. The fourth-order valence-electron chi connectivity index (χ4n) is 1.83. The van der Waals surface area contributed by atoms with Crippen molar-refractivity contribution in [2.24, 2.45) is 0 Å². The molecule has 1 rings (SSSR count). The molecule has 1 aromatic rings. The first-order valence-corrected chi connectivity index (χ1v) is 6.13. The number of methoxy groups -OCH3 is 1. The number of hydrogen-bond acceptors (Lipinski definition) is 3. The van der Waals surface area contributed by atoms with Crippen LogP contribution in [-0.2, 0) is 11.2 Å². The Morgan fingerprint density at radius 1 is 1.28 bits per heavy atom. The number of benzene rings is 1. The van der Waals surface area contributed by atoms with Gasteiger partial charge in [0.2, 0.25) is 0 Å². The second-order valence-electron chi connectivity index (χ2n) is 4.07. The van der Waals surface area contributed by atoms with Crippen LogP contribution in [0, 0.1) is 13.8 Å². The third-order valence-electron chi connectivity index (χ3n) is 3.01. The van der Waals surface area contributed by atoms with Gasteiger partial charge in [0.1, 0.15) is 5.75 Å². The van der Waals surface area contributed by atoms with Crippen LogP contribution in [-0.4, -0.2) is 26.4 Å². The molecule has 0 saturated heterocycles. The van der Waals surface area contributed by atoms with E-state index in [1.165, 1.54) is 11.1 Å². The van der Waals surface area contributed by atoms with E-state index in [0.29, 0.717) is 13.2 Å². The van der Waals surface area contributed by atoms with Gasteiger partial charge in [-0.1, -0.05) is 6.07 Å². The van der Waals surface area contributed by atoms with E-state index in [2.05, 4.69) is 12.2 Å². The van der Waals surface area contributed by atoms with Crippen molar-refractivity contribution in [2.45, 2.75) is 27.2 Å². The zero-order chi connectivity index (χ0) is 13.5. The number of hydrogen-bond donors (Lipinski definition) is 1. The monoisotopic (exact) mass is 251 g/mol. The molecular formula is C14H21NO3. The van der Waals surface area contributed by atoms with E-state index < -0.39 is 0 Å². The lowest BCUT2D eigenvalue weighted by molar-refractivity contribution is 0.152. The zero-order valence-electron chi connectivity index (χ0n) is 11.5. The van der Waals surface area contributed by atoms with Gasteiger partial charge in [0, 0.05) is 6.54 Å². The number of nitrogens with one attached hydrogen (secondary N) is 1. The quantitative estimate of drug-likeness (QED) is 0.875. The van der Waals surface area contributed by atoms with E-state index in [9.17, 15) is 4.79 Å². The highest BCUT2D eigenvalue weighted by Crippen LogP contribution is 2.23. The molecule has 0 aromatic heterocycles. The second kappa shape index (κ2) is 6.89. The summed E-state index contributed by atoms with van der Waals surface area (Å²) in [5, 5.41) is 2.71. The predicted octanol–water partition coefficient (Wildman–Crippen LogP) is 2.60. The fourth-order valence-corrected chi connectivity index (χ4v) is 1.83. The largest absolute Gasteiger partial charge is 0.496 e. The molecule has 0 atom stereocenters. The van der Waals surface area contributed by atoms with E-state index in [0.717, 1.165) is 17.7 Å². The summed E-state index contributed by atoms with van der Waals surface area (Å²) in [6.07, 6.45) is 0.426. The van der Waals surface area contributed by atoms with E-state index in [1.54, 1.807) is 14.0 Å². The molecule has 1 aromatic carbocycles. The van der Waals surface area contributed by atoms with Crippen LogP contribution in [0.2, 0.25) is 0 Å². The van der Waals surface area contributed by atoms with Crippen molar-refractivity contribution in [2.75, 3.05) is 20.3 Å². The smallest absolute Gasteiger partial charge is 0.407 e. The number of rotatable bonds is 5. The topological polar surface area (TPSA) is 47.6 Å². The van der Waals surface area contributed by atoms with Gasteiger partial charge in [0.15, 0.2) is 0 Å². The summed E-state index contributed by atoms with van der Waals surface area (Å²) in [5.74, 6) is 0.898. The first-order chi connectivity index (χ1) is 8.60. The molecule has 0 aliphatic rings. The summed E-state index contributed by atoms with van der Waals surface area (Å²) < 4.78 is 10.1. The summed E-state index contributed by atoms with van der Waals surface area (Å²) >= 11 is 0. The van der Waals surface area contributed by atoms with Crippen molar-refractivity contribution in [3.8, 4) is 5.75 Å². The highest BCUT2D eigenvalue weighted by atomic mass is 16.5. The first-order valence-electron chi connectivity index (χ1n) is 6.13. The number of amides is 1. The van der Waals surface area contributed by atoms with Crippen LogP contribution in [0.15, 0.2) is 12.1 Å². The molecule has 1 N–H and O–H groups in total. The van der Waals surface area contributed by atoms with Crippen molar-refractivity contribution in [1.29, 1.82) is 0 Å². The summed E-state index contributed by atoms with van der Waals surface area (Å²) in [6, 6.07) is 4.00. The fraction of sp³-hybridized carbons (Fsp3) is 0.500. The molecule has 0 aliphatic carbocycles. The summed E-state index contributed by atoms with van der Waals surface area (Å²) in [4.78, 5) is 11.1. The second-order valence-corrected chi connectivity index (χ2v) is 4.07. The van der Waals surface area contributed by atoms with Crippen LogP contribution in [0.5, 0.6) is 5.75 Å². The maximum atomic E-state index is 11.1. The number of ether oxygens (including phenoxy) is 2. The van der Waals surface area contributed by atoms with Gasteiger partial charge >= 0.3 is 6.09 Å². The van der Waals surface area contributed by atoms with Crippen LogP contribution < -0.4 is 10.1 Å². The summed E-state index contributed by atoms with van der Waals surface area (Å²) in [7, 11) is 1.67. The molecule has 1 amide bonds. The van der Waals surface area contributed by atoms with Crippen molar-refractivity contribution >= 4 is 6.09 Å². The molecule has 0 unspecified atom stereocenters. The lowest BCUT2D eigenvalue weighted by Crippen LogP contribution is -2.26. The number of carbonyl (C=O) groups is 1. The lowest BCUT2D eigenvalue weighted by Gasteiger charge is -2.12. The third-order valence-corrected chi connectivity index (χ3v) is 3.01. The molecule has 0 fully saturated rings. The van der Waals surface area contributed by atoms with Gasteiger partial charge in [-0.25, -0.2) is 4.79 Å². The molecule has 0 radical (unpaired) electrons. The molecule has 18 heavy (non-hydrogen) atoms. The molecule has 0 spiro atoms.